The van der Waals surface area contributed by atoms with Crippen molar-refractivity contribution in [1.82, 2.24) is 5.32 Å². The molecular weight excluding hydrogens is 365 g/mol. The molecule has 2 aromatic rings. The van der Waals surface area contributed by atoms with Gasteiger partial charge in [-0.1, -0.05) is 24.3 Å². The van der Waals surface area contributed by atoms with E-state index in [1.54, 1.807) is 37.5 Å². The summed E-state index contributed by atoms with van der Waals surface area (Å²) in [7, 11) is 1.55. The molecule has 26 heavy (non-hydrogen) atoms. The number of hydrogen-bond donors (Lipinski definition) is 1. The first kappa shape index (κ1) is 18.1. The van der Waals surface area contributed by atoms with E-state index in [0.29, 0.717) is 10.7 Å². The summed E-state index contributed by atoms with van der Waals surface area (Å²) in [5.41, 5.74) is -0.330. The predicted molar refractivity (Wildman–Crippen MR) is 95.2 cm³/mol. The SMILES string of the molecule is COc1ccc(C=C2SC(=Nc3ccccc3C(F)(F)F)NC2=O)cc1. The van der Waals surface area contributed by atoms with Gasteiger partial charge in [0.2, 0.25) is 0 Å². The monoisotopic (exact) mass is 378 g/mol. The highest BCUT2D eigenvalue weighted by atomic mass is 32.2. The number of thioether (sulfide) groups is 1. The smallest absolute Gasteiger partial charge is 0.418 e. The van der Waals surface area contributed by atoms with Gasteiger partial charge in [0.1, 0.15) is 5.75 Å². The largest absolute Gasteiger partial charge is 0.497 e. The van der Waals surface area contributed by atoms with Crippen molar-refractivity contribution in [3.05, 3.63) is 64.6 Å². The minimum absolute atomic E-state index is 0.103. The van der Waals surface area contributed by atoms with Gasteiger partial charge >= 0.3 is 6.18 Å². The van der Waals surface area contributed by atoms with E-state index in [1.807, 2.05) is 0 Å². The number of halogens is 3. The highest BCUT2D eigenvalue weighted by Gasteiger charge is 2.34. The maximum absolute atomic E-state index is 13.0. The number of hydrogen-bond acceptors (Lipinski definition) is 4. The van der Waals surface area contributed by atoms with Crippen LogP contribution in [0.4, 0.5) is 18.9 Å². The molecule has 1 amide bonds. The molecule has 0 unspecified atom stereocenters. The Balaban J connectivity index is 1.86. The van der Waals surface area contributed by atoms with Gasteiger partial charge in [0.05, 0.1) is 23.3 Å². The second kappa shape index (κ2) is 7.25. The van der Waals surface area contributed by atoms with Crippen LogP contribution in [-0.2, 0) is 11.0 Å². The molecule has 0 bridgehead atoms. The van der Waals surface area contributed by atoms with Crippen molar-refractivity contribution in [2.75, 3.05) is 7.11 Å². The van der Waals surface area contributed by atoms with E-state index in [-0.39, 0.29) is 10.9 Å². The van der Waals surface area contributed by atoms with E-state index < -0.39 is 17.6 Å². The van der Waals surface area contributed by atoms with Crippen LogP contribution in [0.15, 0.2) is 58.4 Å². The third kappa shape index (κ3) is 4.08. The van der Waals surface area contributed by atoms with Gasteiger partial charge in [0.25, 0.3) is 5.91 Å². The van der Waals surface area contributed by atoms with Gasteiger partial charge in [-0.05, 0) is 47.7 Å². The Morgan fingerprint density at radius 3 is 2.46 bits per heavy atom. The van der Waals surface area contributed by atoms with Gasteiger partial charge in [-0.25, -0.2) is 4.99 Å². The van der Waals surface area contributed by atoms with Crippen LogP contribution in [0.3, 0.4) is 0 Å². The molecule has 134 valence electrons. The first-order valence-corrected chi connectivity index (χ1v) is 8.28. The number of benzene rings is 2. The van der Waals surface area contributed by atoms with Crippen LogP contribution in [0.2, 0.25) is 0 Å². The lowest BCUT2D eigenvalue weighted by atomic mass is 10.2. The lowest BCUT2D eigenvalue weighted by Gasteiger charge is -2.09. The van der Waals surface area contributed by atoms with Crippen LogP contribution in [-0.4, -0.2) is 18.2 Å². The van der Waals surface area contributed by atoms with E-state index in [9.17, 15) is 18.0 Å². The van der Waals surface area contributed by atoms with Gasteiger partial charge < -0.3 is 10.1 Å². The number of para-hydroxylation sites is 1. The van der Waals surface area contributed by atoms with E-state index in [2.05, 4.69) is 10.3 Å². The Labute approximate surface area is 151 Å². The van der Waals surface area contributed by atoms with Crippen molar-refractivity contribution in [1.29, 1.82) is 0 Å². The zero-order chi connectivity index (χ0) is 18.7. The lowest BCUT2D eigenvalue weighted by Crippen LogP contribution is -2.19. The van der Waals surface area contributed by atoms with E-state index in [4.69, 9.17) is 4.74 Å². The number of alkyl halides is 3. The lowest BCUT2D eigenvalue weighted by molar-refractivity contribution is -0.137. The van der Waals surface area contributed by atoms with Crippen LogP contribution >= 0.6 is 11.8 Å². The second-order valence-corrected chi connectivity index (χ2v) is 6.30. The van der Waals surface area contributed by atoms with Crippen LogP contribution in [0.25, 0.3) is 6.08 Å². The molecule has 3 rings (SSSR count). The van der Waals surface area contributed by atoms with Crippen LogP contribution in [0, 0.1) is 0 Å². The summed E-state index contributed by atoms with van der Waals surface area (Å²) >= 11 is 0.990. The molecule has 1 aliphatic rings. The first-order valence-electron chi connectivity index (χ1n) is 7.46. The summed E-state index contributed by atoms with van der Waals surface area (Å²) in [4.78, 5) is 16.4. The number of carbonyl (C=O) groups is 1. The van der Waals surface area contributed by atoms with E-state index in [0.717, 1.165) is 23.4 Å². The molecule has 2 aromatic carbocycles. The number of amidine groups is 1. The van der Waals surface area contributed by atoms with Crippen molar-refractivity contribution in [3.63, 3.8) is 0 Å². The Bertz CT molecular complexity index is 890. The number of amides is 1. The third-order valence-corrected chi connectivity index (χ3v) is 4.41. The molecule has 0 aliphatic carbocycles. The molecule has 1 saturated heterocycles. The summed E-state index contributed by atoms with van der Waals surface area (Å²) in [6.07, 6.45) is -2.88. The molecule has 1 aliphatic heterocycles. The summed E-state index contributed by atoms with van der Waals surface area (Å²) in [6, 6.07) is 12.0. The van der Waals surface area contributed by atoms with Gasteiger partial charge in [-0.15, -0.1) is 0 Å². The van der Waals surface area contributed by atoms with Crippen molar-refractivity contribution < 1.29 is 22.7 Å². The fourth-order valence-corrected chi connectivity index (χ4v) is 3.09. The molecule has 1 heterocycles. The Morgan fingerprint density at radius 2 is 1.81 bits per heavy atom. The van der Waals surface area contributed by atoms with E-state index in [1.165, 1.54) is 18.2 Å². The van der Waals surface area contributed by atoms with Gasteiger partial charge in [0.15, 0.2) is 5.17 Å². The molecule has 4 nitrogen and oxygen atoms in total. The number of nitrogens with one attached hydrogen (secondary N) is 1. The maximum Gasteiger partial charge on any atom is 0.418 e. The molecule has 0 spiro atoms. The van der Waals surface area contributed by atoms with Crippen LogP contribution < -0.4 is 10.1 Å². The quantitative estimate of drug-likeness (QED) is 0.794. The van der Waals surface area contributed by atoms with Gasteiger partial charge in [-0.2, -0.15) is 13.2 Å². The molecule has 0 radical (unpaired) electrons. The van der Waals surface area contributed by atoms with Crippen molar-refractivity contribution in [2.45, 2.75) is 6.18 Å². The van der Waals surface area contributed by atoms with Gasteiger partial charge in [-0.3, -0.25) is 4.79 Å². The highest BCUT2D eigenvalue weighted by molar-refractivity contribution is 8.18. The maximum atomic E-state index is 13.0. The minimum atomic E-state index is -4.52. The van der Waals surface area contributed by atoms with Crippen molar-refractivity contribution in [2.24, 2.45) is 4.99 Å². The summed E-state index contributed by atoms with van der Waals surface area (Å²) in [5, 5.41) is 2.59. The fraction of sp³-hybridized carbons (Fsp3) is 0.111. The first-order chi connectivity index (χ1) is 12.4. The molecule has 1 fully saturated rings. The summed E-state index contributed by atoms with van der Waals surface area (Å²) in [5.74, 6) is 0.274. The third-order valence-electron chi connectivity index (χ3n) is 3.50. The van der Waals surface area contributed by atoms with Crippen LogP contribution in [0.5, 0.6) is 5.75 Å². The minimum Gasteiger partial charge on any atom is -0.497 e. The average Bonchev–Trinajstić information content (AvgIpc) is 2.94. The number of carbonyl (C=O) groups excluding carboxylic acids is 1. The second-order valence-electron chi connectivity index (χ2n) is 5.27. The number of rotatable bonds is 3. The predicted octanol–water partition coefficient (Wildman–Crippen LogP) is 4.61. The van der Waals surface area contributed by atoms with Crippen molar-refractivity contribution in [3.8, 4) is 5.75 Å². The summed E-state index contributed by atoms with van der Waals surface area (Å²) in [6.45, 7) is 0. The van der Waals surface area contributed by atoms with Gasteiger partial charge in [0, 0.05) is 0 Å². The number of aliphatic imine (C=N–C) groups is 1. The number of ether oxygens (including phenoxy) is 1. The Kier molecular flexibility index (Phi) is 5.03. The van der Waals surface area contributed by atoms with Crippen LogP contribution in [0.1, 0.15) is 11.1 Å². The number of nitrogens with zero attached hydrogens (tertiary/aromatic N) is 1. The van der Waals surface area contributed by atoms with Crippen molar-refractivity contribution >= 4 is 34.6 Å². The number of methoxy groups -OCH3 is 1. The molecule has 8 heteroatoms. The fourth-order valence-electron chi connectivity index (χ4n) is 2.25. The Morgan fingerprint density at radius 1 is 1.12 bits per heavy atom. The molecule has 0 saturated carbocycles. The average molecular weight is 378 g/mol. The zero-order valence-electron chi connectivity index (χ0n) is 13.5. The molecule has 0 aromatic heterocycles. The molecule has 0 atom stereocenters. The highest BCUT2D eigenvalue weighted by Crippen LogP contribution is 2.37. The topological polar surface area (TPSA) is 50.7 Å². The summed E-state index contributed by atoms with van der Waals surface area (Å²) < 4.78 is 44.2. The zero-order valence-corrected chi connectivity index (χ0v) is 14.3. The van der Waals surface area contributed by atoms with E-state index >= 15 is 0 Å². The Hall–Kier alpha value is -2.74. The molecule has 1 N–H and O–H groups in total. The molecular formula is C18H13F3N2O2S. The normalized spacial score (nSPS) is 17.6. The standard InChI is InChI=1S/C18H13F3N2O2S/c1-25-12-8-6-11(7-9-12)10-15-16(24)23-17(26-15)22-14-5-3-2-4-13(14)18(19,20)21/h2-10H,1H3,(H,22,23,24).